The number of nitrogens with zero attached hydrogens (tertiary/aromatic N) is 2. The number of benzene rings is 2. The van der Waals surface area contributed by atoms with Gasteiger partial charge in [0, 0.05) is 26.2 Å². The van der Waals surface area contributed by atoms with Gasteiger partial charge >= 0.3 is 6.09 Å². The largest absolute Gasteiger partial charge is 0.465 e. The summed E-state index contributed by atoms with van der Waals surface area (Å²) in [6.45, 7) is 9.14. The summed E-state index contributed by atoms with van der Waals surface area (Å²) >= 11 is 0. The van der Waals surface area contributed by atoms with Gasteiger partial charge in [0.25, 0.3) is 0 Å². The van der Waals surface area contributed by atoms with Crippen LogP contribution in [0.3, 0.4) is 0 Å². The first-order valence-electron chi connectivity index (χ1n) is 12.9. The summed E-state index contributed by atoms with van der Waals surface area (Å²) in [7, 11) is 1.35. The Kier molecular flexibility index (Phi) is 9.32. The first-order chi connectivity index (χ1) is 17.5. The Morgan fingerprint density at radius 3 is 2.30 bits per heavy atom. The first kappa shape index (κ1) is 28.2. The average Bonchev–Trinajstić information content (AvgIpc) is 2.87. The highest BCUT2D eigenvalue weighted by atomic mass is 16.4. The Labute approximate surface area is 220 Å². The summed E-state index contributed by atoms with van der Waals surface area (Å²) in [5, 5.41) is 15.7. The quantitative estimate of drug-likeness (QED) is 0.451. The Morgan fingerprint density at radius 1 is 1.05 bits per heavy atom. The standard InChI is InChI=1S/C29H40N4O4/c1-20(32(5)28(36)37)26(34)31-25(29(2,3)4)27(35)33-19-23-14-10-9-13-22(23)17-24(33)18-30-16-15-21-11-7-6-8-12-21/h6-14,20,24-25,30H,15-19H2,1-5H3,(H,31,34)(H,36,37)/t20-,24-,25+/m0/s1. The van der Waals surface area contributed by atoms with Gasteiger partial charge in [-0.2, -0.15) is 0 Å². The van der Waals surface area contributed by atoms with Gasteiger partial charge in [-0.05, 0) is 48.4 Å². The van der Waals surface area contributed by atoms with Crippen LogP contribution in [0.4, 0.5) is 4.79 Å². The molecule has 3 amide bonds. The van der Waals surface area contributed by atoms with Gasteiger partial charge in [-0.15, -0.1) is 0 Å². The highest BCUT2D eigenvalue weighted by Crippen LogP contribution is 2.28. The highest BCUT2D eigenvalue weighted by molar-refractivity contribution is 5.91. The highest BCUT2D eigenvalue weighted by Gasteiger charge is 2.40. The van der Waals surface area contributed by atoms with E-state index >= 15 is 0 Å². The topological polar surface area (TPSA) is 102 Å². The van der Waals surface area contributed by atoms with Crippen molar-refractivity contribution in [1.29, 1.82) is 0 Å². The number of fused-ring (bicyclic) bond motifs is 1. The fraction of sp³-hybridized carbons (Fsp3) is 0.483. The molecule has 8 nitrogen and oxygen atoms in total. The number of rotatable bonds is 9. The molecule has 0 aromatic heterocycles. The Morgan fingerprint density at radius 2 is 1.68 bits per heavy atom. The Hall–Kier alpha value is -3.39. The SMILES string of the molecule is C[C@@H](C(=O)N[C@H](C(=O)N1Cc2ccccc2C[C@H]1CNCCc1ccccc1)C(C)(C)C)N(C)C(=O)O. The molecule has 2 aromatic carbocycles. The van der Waals surface area contributed by atoms with Crippen LogP contribution in [0.5, 0.6) is 0 Å². The summed E-state index contributed by atoms with van der Waals surface area (Å²) < 4.78 is 0. The molecular weight excluding hydrogens is 468 g/mol. The number of hydrogen-bond acceptors (Lipinski definition) is 4. The summed E-state index contributed by atoms with van der Waals surface area (Å²) in [6, 6.07) is 16.6. The smallest absolute Gasteiger partial charge is 0.407 e. The molecule has 0 radical (unpaired) electrons. The molecule has 1 aliphatic rings. The van der Waals surface area contributed by atoms with Crippen LogP contribution in [0.15, 0.2) is 54.6 Å². The van der Waals surface area contributed by atoms with E-state index in [0.717, 1.165) is 29.8 Å². The van der Waals surface area contributed by atoms with Crippen LogP contribution in [0.25, 0.3) is 0 Å². The molecule has 3 N–H and O–H groups in total. The van der Waals surface area contributed by atoms with Crippen LogP contribution in [0, 0.1) is 5.41 Å². The molecule has 0 fully saturated rings. The molecule has 1 aliphatic heterocycles. The van der Waals surface area contributed by atoms with Crippen molar-refractivity contribution in [3.63, 3.8) is 0 Å². The van der Waals surface area contributed by atoms with E-state index in [1.165, 1.54) is 25.1 Å². The van der Waals surface area contributed by atoms with Crippen LogP contribution in [-0.2, 0) is 29.0 Å². The van der Waals surface area contributed by atoms with Gasteiger partial charge < -0.3 is 20.6 Å². The zero-order chi connectivity index (χ0) is 27.2. The van der Waals surface area contributed by atoms with Crippen LogP contribution in [0.2, 0.25) is 0 Å². The lowest BCUT2D eigenvalue weighted by atomic mass is 9.84. The predicted octanol–water partition coefficient (Wildman–Crippen LogP) is 3.30. The lowest BCUT2D eigenvalue weighted by Gasteiger charge is -2.42. The van der Waals surface area contributed by atoms with Crippen molar-refractivity contribution in [3.05, 3.63) is 71.3 Å². The van der Waals surface area contributed by atoms with Crippen molar-refractivity contribution < 1.29 is 19.5 Å². The lowest BCUT2D eigenvalue weighted by molar-refractivity contribution is -0.143. The summed E-state index contributed by atoms with van der Waals surface area (Å²) in [4.78, 5) is 41.2. The van der Waals surface area contributed by atoms with E-state index in [1.54, 1.807) is 0 Å². The second kappa shape index (κ2) is 12.2. The molecule has 3 rings (SSSR count). The third kappa shape index (κ3) is 7.32. The normalized spacial score (nSPS) is 16.9. The van der Waals surface area contributed by atoms with Gasteiger partial charge in [-0.25, -0.2) is 4.79 Å². The van der Waals surface area contributed by atoms with E-state index in [9.17, 15) is 19.5 Å². The van der Waals surface area contributed by atoms with Gasteiger partial charge in [0.2, 0.25) is 11.8 Å². The number of carbonyl (C=O) groups is 3. The summed E-state index contributed by atoms with van der Waals surface area (Å²) in [5.74, 6) is -0.650. The number of carboxylic acid groups (broad SMARTS) is 1. The molecule has 0 saturated heterocycles. The molecule has 0 saturated carbocycles. The minimum atomic E-state index is -1.20. The second-order valence-electron chi connectivity index (χ2n) is 10.9. The lowest BCUT2D eigenvalue weighted by Crippen LogP contribution is -2.61. The second-order valence-corrected chi connectivity index (χ2v) is 10.9. The van der Waals surface area contributed by atoms with Crippen LogP contribution >= 0.6 is 0 Å². The molecule has 8 heteroatoms. The average molecular weight is 509 g/mol. The molecule has 2 aromatic rings. The molecule has 3 atom stereocenters. The minimum Gasteiger partial charge on any atom is -0.465 e. The molecule has 0 unspecified atom stereocenters. The van der Waals surface area contributed by atoms with Gasteiger partial charge in [0.05, 0.1) is 0 Å². The van der Waals surface area contributed by atoms with E-state index in [4.69, 9.17) is 0 Å². The van der Waals surface area contributed by atoms with E-state index in [0.29, 0.717) is 13.1 Å². The molecule has 200 valence electrons. The fourth-order valence-corrected chi connectivity index (χ4v) is 4.59. The molecule has 0 spiro atoms. The van der Waals surface area contributed by atoms with Gasteiger partial charge in [0.1, 0.15) is 12.1 Å². The third-order valence-corrected chi connectivity index (χ3v) is 7.11. The van der Waals surface area contributed by atoms with Crippen molar-refractivity contribution >= 4 is 17.9 Å². The minimum absolute atomic E-state index is 0.0703. The van der Waals surface area contributed by atoms with Crippen molar-refractivity contribution in [1.82, 2.24) is 20.4 Å². The molecular formula is C29H40N4O4. The van der Waals surface area contributed by atoms with Crippen LogP contribution in [0.1, 0.15) is 44.4 Å². The summed E-state index contributed by atoms with van der Waals surface area (Å²) in [5.41, 5.74) is 3.02. The Bertz CT molecular complexity index is 1080. The van der Waals surface area contributed by atoms with Crippen molar-refractivity contribution in [2.24, 2.45) is 5.41 Å². The molecule has 0 aliphatic carbocycles. The van der Waals surface area contributed by atoms with Crippen molar-refractivity contribution in [2.45, 2.75) is 65.2 Å². The zero-order valence-electron chi connectivity index (χ0n) is 22.5. The maximum Gasteiger partial charge on any atom is 0.407 e. The van der Waals surface area contributed by atoms with Crippen LogP contribution in [-0.4, -0.2) is 71.1 Å². The molecule has 37 heavy (non-hydrogen) atoms. The number of likely N-dealkylation sites (N-methyl/N-ethyl adjacent to an activating group) is 1. The third-order valence-electron chi connectivity index (χ3n) is 7.11. The number of amides is 3. The Balaban J connectivity index is 1.77. The maximum absolute atomic E-state index is 14.0. The van der Waals surface area contributed by atoms with E-state index in [2.05, 4.69) is 28.8 Å². The fourth-order valence-electron chi connectivity index (χ4n) is 4.59. The number of hydrogen-bond donors (Lipinski definition) is 3. The maximum atomic E-state index is 14.0. The van der Waals surface area contributed by atoms with E-state index in [1.807, 2.05) is 62.1 Å². The van der Waals surface area contributed by atoms with E-state index < -0.39 is 29.5 Å². The predicted molar refractivity (Wildman–Crippen MR) is 144 cm³/mol. The first-order valence-corrected chi connectivity index (χ1v) is 12.9. The number of carbonyl (C=O) groups excluding carboxylic acids is 2. The van der Waals surface area contributed by atoms with E-state index in [-0.39, 0.29) is 11.9 Å². The molecule has 0 bridgehead atoms. The van der Waals surface area contributed by atoms with Gasteiger partial charge in [-0.1, -0.05) is 75.4 Å². The number of nitrogens with one attached hydrogen (secondary N) is 2. The van der Waals surface area contributed by atoms with Gasteiger partial charge in [-0.3, -0.25) is 14.5 Å². The zero-order valence-corrected chi connectivity index (χ0v) is 22.5. The molecule has 1 heterocycles. The van der Waals surface area contributed by atoms with Crippen molar-refractivity contribution in [3.8, 4) is 0 Å². The summed E-state index contributed by atoms with van der Waals surface area (Å²) in [6.07, 6.45) is 0.423. The van der Waals surface area contributed by atoms with Crippen LogP contribution < -0.4 is 10.6 Å². The van der Waals surface area contributed by atoms with Gasteiger partial charge in [0.15, 0.2) is 0 Å². The monoisotopic (exact) mass is 508 g/mol. The van der Waals surface area contributed by atoms with Crippen molar-refractivity contribution in [2.75, 3.05) is 20.1 Å².